The van der Waals surface area contributed by atoms with Gasteiger partial charge >= 0.3 is 0 Å². The van der Waals surface area contributed by atoms with Gasteiger partial charge in [-0.05, 0) is 74.9 Å². The Morgan fingerprint density at radius 1 is 1.16 bits per heavy atom. The molecule has 0 bridgehead atoms. The molecular weight excluding hydrogens is 430 g/mol. The lowest BCUT2D eigenvalue weighted by Gasteiger charge is -2.50. The zero-order valence-electron chi connectivity index (χ0n) is 18.3. The summed E-state index contributed by atoms with van der Waals surface area (Å²) >= 11 is 1.70. The molecule has 2 N–H and O–H groups in total. The Kier molecular flexibility index (Phi) is 5.45. The topological polar surface area (TPSA) is 56.8 Å². The number of thioether (sulfide) groups is 1. The second-order valence-electron chi connectivity index (χ2n) is 9.52. The van der Waals surface area contributed by atoms with Crippen molar-refractivity contribution in [3.63, 3.8) is 0 Å². The fraction of sp³-hybridized carbons (Fsp3) is 0.480. The molecule has 7 heteroatoms. The van der Waals surface area contributed by atoms with Crippen LogP contribution in [0.3, 0.4) is 0 Å². The van der Waals surface area contributed by atoms with E-state index in [-0.39, 0.29) is 34.3 Å². The maximum atomic E-state index is 15.2. The normalized spacial score (nSPS) is 29.2. The Hall–Kier alpha value is -2.12. The summed E-state index contributed by atoms with van der Waals surface area (Å²) in [5.74, 6) is 1.10. The third-order valence-electron chi connectivity index (χ3n) is 6.67. The first-order valence-electron chi connectivity index (χ1n) is 11.1. The Morgan fingerprint density at radius 3 is 2.62 bits per heavy atom. The molecule has 0 aromatic heterocycles. The van der Waals surface area contributed by atoms with Gasteiger partial charge in [0.2, 0.25) is 0 Å². The van der Waals surface area contributed by atoms with Crippen molar-refractivity contribution >= 4 is 17.6 Å². The molecular formula is C25H28F2N2O2S. The van der Waals surface area contributed by atoms with E-state index >= 15 is 4.39 Å². The molecule has 1 saturated heterocycles. The number of aliphatic imine (C=N–C) groups is 1. The van der Waals surface area contributed by atoms with E-state index in [4.69, 9.17) is 20.2 Å². The number of fused-ring (bicyclic) bond motifs is 1. The minimum absolute atomic E-state index is 0.0678. The van der Waals surface area contributed by atoms with E-state index in [1.807, 2.05) is 13.8 Å². The van der Waals surface area contributed by atoms with Gasteiger partial charge in [0.1, 0.15) is 28.8 Å². The van der Waals surface area contributed by atoms with Crippen LogP contribution in [0.5, 0.6) is 5.75 Å². The molecule has 1 aliphatic carbocycles. The first-order chi connectivity index (χ1) is 15.3. The van der Waals surface area contributed by atoms with Crippen LogP contribution >= 0.6 is 11.8 Å². The predicted molar refractivity (Wildman–Crippen MR) is 123 cm³/mol. The highest BCUT2D eigenvalue weighted by Gasteiger charge is 2.53. The van der Waals surface area contributed by atoms with Crippen LogP contribution < -0.4 is 10.5 Å². The molecule has 2 heterocycles. The SMILES string of the molecule is CC1(C)S[C@@H]2C[C@H](c3ccc(F)cc3)OC[C@]2(c2cc(OCC3CC3)ccc2F)N=C1N. The molecule has 2 aromatic rings. The van der Waals surface area contributed by atoms with Crippen molar-refractivity contribution in [1.29, 1.82) is 0 Å². The third kappa shape index (κ3) is 4.01. The average molecular weight is 459 g/mol. The Labute approximate surface area is 191 Å². The second-order valence-corrected chi connectivity index (χ2v) is 11.3. The molecule has 2 aromatic carbocycles. The monoisotopic (exact) mass is 458 g/mol. The van der Waals surface area contributed by atoms with Crippen LogP contribution in [0.15, 0.2) is 47.5 Å². The van der Waals surface area contributed by atoms with Crippen molar-refractivity contribution in [2.24, 2.45) is 16.6 Å². The number of rotatable bonds is 5. The number of amidine groups is 1. The summed E-state index contributed by atoms with van der Waals surface area (Å²) < 4.78 is 40.5. The number of nitrogens with two attached hydrogens (primary N) is 1. The van der Waals surface area contributed by atoms with Crippen molar-refractivity contribution in [3.05, 3.63) is 65.2 Å². The van der Waals surface area contributed by atoms with E-state index in [0.717, 1.165) is 5.56 Å². The summed E-state index contributed by atoms with van der Waals surface area (Å²) in [5.41, 5.74) is 6.80. The largest absolute Gasteiger partial charge is 0.493 e. The summed E-state index contributed by atoms with van der Waals surface area (Å²) in [6, 6.07) is 11.3. The van der Waals surface area contributed by atoms with Crippen LogP contribution in [0.4, 0.5) is 8.78 Å². The van der Waals surface area contributed by atoms with Gasteiger partial charge in [-0.3, -0.25) is 4.99 Å². The van der Waals surface area contributed by atoms with Gasteiger partial charge in [-0.25, -0.2) is 8.78 Å². The fourth-order valence-electron chi connectivity index (χ4n) is 4.44. The van der Waals surface area contributed by atoms with Gasteiger partial charge in [-0.2, -0.15) is 0 Å². The van der Waals surface area contributed by atoms with Gasteiger partial charge in [0.05, 0.1) is 24.1 Å². The van der Waals surface area contributed by atoms with Crippen molar-refractivity contribution < 1.29 is 18.3 Å². The van der Waals surface area contributed by atoms with E-state index in [2.05, 4.69) is 0 Å². The molecule has 170 valence electrons. The number of hydrogen-bond acceptors (Lipinski definition) is 5. The van der Waals surface area contributed by atoms with Crippen molar-refractivity contribution in [2.45, 2.75) is 54.7 Å². The number of ether oxygens (including phenoxy) is 2. The molecule has 3 aliphatic rings. The van der Waals surface area contributed by atoms with Gasteiger partial charge in [0.15, 0.2) is 0 Å². The molecule has 0 spiro atoms. The predicted octanol–water partition coefficient (Wildman–Crippen LogP) is 5.36. The van der Waals surface area contributed by atoms with Crippen LogP contribution in [0, 0.1) is 17.6 Å². The zero-order chi connectivity index (χ0) is 22.5. The van der Waals surface area contributed by atoms with Gasteiger partial charge in [0.25, 0.3) is 0 Å². The lowest BCUT2D eigenvalue weighted by molar-refractivity contribution is -0.0279. The van der Waals surface area contributed by atoms with E-state index in [1.54, 1.807) is 36.0 Å². The lowest BCUT2D eigenvalue weighted by atomic mass is 9.81. The molecule has 2 aliphatic heterocycles. The summed E-state index contributed by atoms with van der Waals surface area (Å²) in [7, 11) is 0. The average Bonchev–Trinajstić information content (AvgIpc) is 3.59. The van der Waals surface area contributed by atoms with Gasteiger partial charge < -0.3 is 15.2 Å². The summed E-state index contributed by atoms with van der Waals surface area (Å²) in [5, 5.41) is -0.0678. The summed E-state index contributed by atoms with van der Waals surface area (Å²) in [4.78, 5) is 4.90. The maximum Gasteiger partial charge on any atom is 0.129 e. The van der Waals surface area contributed by atoms with E-state index in [0.29, 0.717) is 36.1 Å². The molecule has 3 atom stereocenters. The zero-order valence-corrected chi connectivity index (χ0v) is 19.1. The van der Waals surface area contributed by atoms with Crippen LogP contribution in [-0.2, 0) is 10.3 Å². The number of halogens is 2. The second kappa shape index (κ2) is 8.03. The quantitative estimate of drug-likeness (QED) is 0.655. The molecule has 0 unspecified atom stereocenters. The number of benzene rings is 2. The van der Waals surface area contributed by atoms with Crippen molar-refractivity contribution in [3.8, 4) is 5.75 Å². The third-order valence-corrected chi connectivity index (χ3v) is 8.33. The van der Waals surface area contributed by atoms with Gasteiger partial charge in [0, 0.05) is 10.8 Å². The van der Waals surface area contributed by atoms with E-state index in [1.165, 1.54) is 31.0 Å². The molecule has 2 fully saturated rings. The molecule has 0 amide bonds. The molecule has 5 rings (SSSR count). The highest BCUT2D eigenvalue weighted by Crippen LogP contribution is 2.53. The fourth-order valence-corrected chi connectivity index (χ4v) is 6.03. The molecule has 32 heavy (non-hydrogen) atoms. The van der Waals surface area contributed by atoms with Gasteiger partial charge in [-0.1, -0.05) is 12.1 Å². The smallest absolute Gasteiger partial charge is 0.129 e. The Bertz CT molecular complexity index is 1040. The Morgan fingerprint density at radius 2 is 1.91 bits per heavy atom. The molecule has 1 saturated carbocycles. The van der Waals surface area contributed by atoms with Crippen LogP contribution in [0.1, 0.15) is 50.3 Å². The van der Waals surface area contributed by atoms with E-state index in [9.17, 15) is 4.39 Å². The van der Waals surface area contributed by atoms with Crippen molar-refractivity contribution in [1.82, 2.24) is 0 Å². The van der Waals surface area contributed by atoms with Crippen molar-refractivity contribution in [2.75, 3.05) is 13.2 Å². The van der Waals surface area contributed by atoms with Crippen LogP contribution in [-0.4, -0.2) is 29.0 Å². The summed E-state index contributed by atoms with van der Waals surface area (Å²) in [6.07, 6.45) is 2.77. The first-order valence-corrected chi connectivity index (χ1v) is 12.0. The maximum absolute atomic E-state index is 15.2. The first kappa shape index (κ1) is 21.7. The van der Waals surface area contributed by atoms with Gasteiger partial charge in [-0.15, -0.1) is 11.8 Å². The Balaban J connectivity index is 1.51. The minimum atomic E-state index is -0.941. The lowest BCUT2D eigenvalue weighted by Crippen LogP contribution is -2.55. The van der Waals surface area contributed by atoms with Crippen LogP contribution in [0.25, 0.3) is 0 Å². The van der Waals surface area contributed by atoms with E-state index < -0.39 is 5.54 Å². The summed E-state index contributed by atoms with van der Waals surface area (Å²) in [6.45, 7) is 4.91. The minimum Gasteiger partial charge on any atom is -0.493 e. The van der Waals surface area contributed by atoms with Crippen LogP contribution in [0.2, 0.25) is 0 Å². The molecule has 0 radical (unpaired) electrons. The standard InChI is InChI=1S/C25H28F2N2O2S/c1-24(2)23(28)29-25(19-11-18(9-10-20(19)27)30-13-15-3-4-15)14-31-21(12-22(25)32-24)16-5-7-17(26)8-6-16/h5-11,15,21-22H,3-4,12-14H2,1-2H3,(H2,28,29)/t21-,22-,25-/m1/s1. The number of hydrogen-bond donors (Lipinski definition) is 1. The highest BCUT2D eigenvalue weighted by molar-refractivity contribution is 8.02. The highest BCUT2D eigenvalue weighted by atomic mass is 32.2. The number of nitrogens with zero attached hydrogens (tertiary/aromatic N) is 1. The molecule has 4 nitrogen and oxygen atoms in total.